The molecule has 0 aliphatic heterocycles. The lowest BCUT2D eigenvalue weighted by atomic mass is 10.1. The standard InChI is InChI=1S/C24H32ClN3O4S/c1-6-14-26-24(30)19(4)27(15-20-12-7-8-13-21(20)25)22(29)16-28(33(5,31)32)23-17(2)10-9-11-18(23)3/h7-13,19H,6,14-16H2,1-5H3,(H,26,30). The Labute approximate surface area is 201 Å². The lowest BCUT2D eigenvalue weighted by Gasteiger charge is -2.32. The molecule has 0 bridgehead atoms. The average molecular weight is 494 g/mol. The zero-order valence-corrected chi connectivity index (χ0v) is 21.3. The number of carbonyl (C=O) groups is 2. The first-order valence-corrected chi connectivity index (χ1v) is 13.0. The highest BCUT2D eigenvalue weighted by Crippen LogP contribution is 2.27. The van der Waals surface area contributed by atoms with Crippen molar-refractivity contribution in [2.75, 3.05) is 23.7 Å². The molecule has 1 unspecified atom stereocenters. The summed E-state index contributed by atoms with van der Waals surface area (Å²) in [5.74, 6) is -0.808. The normalized spacial score (nSPS) is 12.2. The Hall–Kier alpha value is -2.58. The first-order valence-electron chi connectivity index (χ1n) is 10.8. The molecule has 2 aromatic carbocycles. The molecule has 0 aliphatic carbocycles. The summed E-state index contributed by atoms with van der Waals surface area (Å²) in [7, 11) is -3.77. The van der Waals surface area contributed by atoms with Gasteiger partial charge in [0.05, 0.1) is 11.9 Å². The summed E-state index contributed by atoms with van der Waals surface area (Å²) in [5, 5.41) is 3.27. The van der Waals surface area contributed by atoms with Gasteiger partial charge in [0.15, 0.2) is 0 Å². The first kappa shape index (κ1) is 26.7. The number of para-hydroxylation sites is 1. The molecule has 0 heterocycles. The Balaban J connectivity index is 2.45. The summed E-state index contributed by atoms with van der Waals surface area (Å²) < 4.78 is 26.5. The zero-order valence-electron chi connectivity index (χ0n) is 19.8. The van der Waals surface area contributed by atoms with Gasteiger partial charge in [0.25, 0.3) is 0 Å². The smallest absolute Gasteiger partial charge is 0.244 e. The Morgan fingerprint density at radius 2 is 1.67 bits per heavy atom. The minimum atomic E-state index is -3.77. The highest BCUT2D eigenvalue weighted by atomic mass is 35.5. The van der Waals surface area contributed by atoms with Crippen LogP contribution in [-0.4, -0.2) is 50.5 Å². The second-order valence-electron chi connectivity index (χ2n) is 8.09. The quantitative estimate of drug-likeness (QED) is 0.547. The Morgan fingerprint density at radius 3 is 2.21 bits per heavy atom. The SMILES string of the molecule is CCCNC(=O)C(C)N(Cc1ccccc1Cl)C(=O)CN(c1c(C)cccc1C)S(C)(=O)=O. The van der Waals surface area contributed by atoms with Crippen molar-refractivity contribution in [3.8, 4) is 0 Å². The van der Waals surface area contributed by atoms with Crippen molar-refractivity contribution in [2.24, 2.45) is 0 Å². The van der Waals surface area contributed by atoms with E-state index < -0.39 is 28.5 Å². The minimum absolute atomic E-state index is 0.0730. The molecule has 0 saturated carbocycles. The van der Waals surface area contributed by atoms with Gasteiger partial charge in [-0.1, -0.05) is 54.9 Å². The van der Waals surface area contributed by atoms with E-state index in [4.69, 9.17) is 11.6 Å². The number of hydrogen-bond acceptors (Lipinski definition) is 4. The molecule has 0 saturated heterocycles. The van der Waals surface area contributed by atoms with Crippen LogP contribution >= 0.6 is 11.6 Å². The van der Waals surface area contributed by atoms with E-state index in [0.717, 1.165) is 28.1 Å². The van der Waals surface area contributed by atoms with E-state index in [1.807, 2.05) is 13.0 Å². The Kier molecular flexibility index (Phi) is 9.31. The van der Waals surface area contributed by atoms with Crippen LogP contribution in [0.5, 0.6) is 0 Å². The summed E-state index contributed by atoms with van der Waals surface area (Å²) in [6.07, 6.45) is 1.83. The van der Waals surface area contributed by atoms with Gasteiger partial charge in [-0.3, -0.25) is 13.9 Å². The van der Waals surface area contributed by atoms with E-state index in [1.54, 1.807) is 57.2 Å². The average Bonchev–Trinajstić information content (AvgIpc) is 2.74. The highest BCUT2D eigenvalue weighted by molar-refractivity contribution is 7.92. The van der Waals surface area contributed by atoms with Crippen LogP contribution in [0.15, 0.2) is 42.5 Å². The van der Waals surface area contributed by atoms with Crippen LogP contribution in [0.3, 0.4) is 0 Å². The predicted octanol–water partition coefficient (Wildman–Crippen LogP) is 3.67. The molecular formula is C24H32ClN3O4S. The summed E-state index contributed by atoms with van der Waals surface area (Å²) in [4.78, 5) is 27.6. The number of nitrogens with one attached hydrogen (secondary N) is 1. The van der Waals surface area contributed by atoms with Crippen molar-refractivity contribution >= 4 is 39.1 Å². The van der Waals surface area contributed by atoms with Crippen molar-refractivity contribution in [3.05, 3.63) is 64.2 Å². The number of carbonyl (C=O) groups excluding carboxylic acids is 2. The molecule has 7 nitrogen and oxygen atoms in total. The van der Waals surface area contributed by atoms with Crippen LogP contribution in [0.25, 0.3) is 0 Å². The van der Waals surface area contributed by atoms with Gasteiger partial charge in [-0.2, -0.15) is 0 Å². The maximum atomic E-state index is 13.5. The maximum Gasteiger partial charge on any atom is 0.244 e. The molecule has 0 radical (unpaired) electrons. The molecular weight excluding hydrogens is 462 g/mol. The number of aryl methyl sites for hydroxylation is 2. The fourth-order valence-corrected chi connectivity index (χ4v) is 4.72. The molecule has 2 aromatic rings. The summed E-state index contributed by atoms with van der Waals surface area (Å²) in [6.45, 7) is 7.29. The number of benzene rings is 2. The molecule has 2 amide bonds. The lowest BCUT2D eigenvalue weighted by Crippen LogP contribution is -2.51. The number of hydrogen-bond donors (Lipinski definition) is 1. The van der Waals surface area contributed by atoms with Gasteiger partial charge in [0, 0.05) is 18.1 Å². The third-order valence-corrected chi connectivity index (χ3v) is 6.86. The number of rotatable bonds is 10. The van der Waals surface area contributed by atoms with Crippen LogP contribution in [-0.2, 0) is 26.2 Å². The summed E-state index contributed by atoms with van der Waals surface area (Å²) in [5.41, 5.74) is 2.61. The third-order valence-electron chi connectivity index (χ3n) is 5.38. The molecule has 180 valence electrons. The Morgan fingerprint density at radius 1 is 1.06 bits per heavy atom. The van der Waals surface area contributed by atoms with Gasteiger partial charge in [-0.15, -0.1) is 0 Å². The molecule has 0 aliphatic rings. The van der Waals surface area contributed by atoms with Crippen molar-refractivity contribution in [2.45, 2.75) is 46.7 Å². The highest BCUT2D eigenvalue weighted by Gasteiger charge is 2.31. The second-order valence-corrected chi connectivity index (χ2v) is 10.4. The fourth-order valence-electron chi connectivity index (χ4n) is 3.56. The molecule has 2 rings (SSSR count). The van der Waals surface area contributed by atoms with Gasteiger partial charge in [0.2, 0.25) is 21.8 Å². The van der Waals surface area contributed by atoms with Gasteiger partial charge in [-0.05, 0) is 49.9 Å². The number of anilines is 1. The number of nitrogens with zero attached hydrogens (tertiary/aromatic N) is 2. The number of halogens is 1. The van der Waals surface area contributed by atoms with Gasteiger partial charge in [0.1, 0.15) is 12.6 Å². The molecule has 9 heteroatoms. The summed E-state index contributed by atoms with van der Waals surface area (Å²) >= 11 is 6.31. The van der Waals surface area contributed by atoms with E-state index in [2.05, 4.69) is 5.32 Å². The molecule has 1 N–H and O–H groups in total. The fraction of sp³-hybridized carbons (Fsp3) is 0.417. The van der Waals surface area contributed by atoms with Crippen LogP contribution < -0.4 is 9.62 Å². The topological polar surface area (TPSA) is 86.8 Å². The van der Waals surface area contributed by atoms with E-state index in [-0.39, 0.29) is 12.5 Å². The molecule has 0 spiro atoms. The van der Waals surface area contributed by atoms with Crippen molar-refractivity contribution in [3.63, 3.8) is 0 Å². The van der Waals surface area contributed by atoms with Crippen molar-refractivity contribution in [1.29, 1.82) is 0 Å². The second kappa shape index (κ2) is 11.5. The Bertz CT molecular complexity index is 1080. The van der Waals surface area contributed by atoms with Crippen LogP contribution in [0.1, 0.15) is 37.0 Å². The third kappa shape index (κ3) is 6.95. The van der Waals surface area contributed by atoms with Crippen LogP contribution in [0, 0.1) is 13.8 Å². The van der Waals surface area contributed by atoms with Gasteiger partial charge >= 0.3 is 0 Å². The molecule has 0 aromatic heterocycles. The maximum absolute atomic E-state index is 13.5. The molecule has 33 heavy (non-hydrogen) atoms. The predicted molar refractivity (Wildman–Crippen MR) is 133 cm³/mol. The van der Waals surface area contributed by atoms with Crippen molar-refractivity contribution < 1.29 is 18.0 Å². The van der Waals surface area contributed by atoms with Gasteiger partial charge < -0.3 is 10.2 Å². The lowest BCUT2D eigenvalue weighted by molar-refractivity contribution is -0.139. The monoisotopic (exact) mass is 493 g/mol. The van der Waals surface area contributed by atoms with E-state index in [1.165, 1.54) is 4.90 Å². The summed E-state index contributed by atoms with van der Waals surface area (Å²) in [6, 6.07) is 11.7. The zero-order chi connectivity index (χ0) is 24.8. The van der Waals surface area contributed by atoms with E-state index in [9.17, 15) is 18.0 Å². The van der Waals surface area contributed by atoms with E-state index in [0.29, 0.717) is 22.8 Å². The number of amides is 2. The van der Waals surface area contributed by atoms with Crippen LogP contribution in [0.4, 0.5) is 5.69 Å². The van der Waals surface area contributed by atoms with E-state index >= 15 is 0 Å². The van der Waals surface area contributed by atoms with Crippen LogP contribution in [0.2, 0.25) is 5.02 Å². The van der Waals surface area contributed by atoms with Gasteiger partial charge in [-0.25, -0.2) is 8.42 Å². The minimum Gasteiger partial charge on any atom is -0.354 e. The largest absolute Gasteiger partial charge is 0.354 e. The van der Waals surface area contributed by atoms with Crippen molar-refractivity contribution in [1.82, 2.24) is 10.2 Å². The number of sulfonamides is 1. The first-order chi connectivity index (χ1) is 15.5. The molecule has 1 atom stereocenters. The molecule has 0 fully saturated rings.